The van der Waals surface area contributed by atoms with Crippen LogP contribution in [0.2, 0.25) is 5.02 Å². The van der Waals surface area contributed by atoms with Crippen LogP contribution in [-0.2, 0) is 0 Å². The van der Waals surface area contributed by atoms with Crippen LogP contribution in [0.4, 0.5) is 10.2 Å². The van der Waals surface area contributed by atoms with Gasteiger partial charge < -0.3 is 9.84 Å². The molecule has 0 aliphatic heterocycles. The van der Waals surface area contributed by atoms with Gasteiger partial charge in [-0.05, 0) is 38.1 Å². The summed E-state index contributed by atoms with van der Waals surface area (Å²) in [6.07, 6.45) is 1.37. The van der Waals surface area contributed by atoms with E-state index in [4.69, 9.17) is 16.1 Å². The highest BCUT2D eigenvalue weighted by molar-refractivity contribution is 6.39. The maximum atomic E-state index is 13.2. The number of amides is 1. The molecule has 0 unspecified atom stereocenters. The molecule has 3 aromatic heterocycles. The van der Waals surface area contributed by atoms with Gasteiger partial charge in [0.2, 0.25) is 0 Å². The molecular formula is C18H13ClFN5O2. The van der Waals surface area contributed by atoms with Gasteiger partial charge in [0, 0.05) is 12.3 Å². The van der Waals surface area contributed by atoms with E-state index in [2.05, 4.69) is 20.6 Å². The van der Waals surface area contributed by atoms with Crippen molar-refractivity contribution in [3.63, 3.8) is 0 Å². The lowest BCUT2D eigenvalue weighted by molar-refractivity contribution is 0.102. The van der Waals surface area contributed by atoms with Gasteiger partial charge in [-0.3, -0.25) is 4.79 Å². The largest absolute Gasteiger partial charge is 0.360 e. The van der Waals surface area contributed by atoms with Crippen molar-refractivity contribution in [1.82, 2.24) is 19.9 Å². The third-order valence-corrected chi connectivity index (χ3v) is 4.39. The Hall–Kier alpha value is -3.26. The van der Waals surface area contributed by atoms with Gasteiger partial charge in [-0.2, -0.15) is 5.10 Å². The lowest BCUT2D eigenvalue weighted by Crippen LogP contribution is -2.13. The molecule has 4 aromatic rings. The predicted molar refractivity (Wildman–Crippen MR) is 97.8 cm³/mol. The highest BCUT2D eigenvalue weighted by atomic mass is 35.5. The summed E-state index contributed by atoms with van der Waals surface area (Å²) in [5.74, 6) is 0.0467. The molecule has 136 valence electrons. The second-order valence-electron chi connectivity index (χ2n) is 5.94. The molecule has 1 N–H and O–H groups in total. The number of benzene rings is 1. The number of halogens is 2. The minimum atomic E-state index is -0.461. The van der Waals surface area contributed by atoms with Gasteiger partial charge in [0.1, 0.15) is 11.6 Å². The van der Waals surface area contributed by atoms with Crippen LogP contribution in [0, 0.1) is 19.7 Å². The Balaban J connectivity index is 1.77. The predicted octanol–water partition coefficient (Wildman–Crippen LogP) is 4.07. The van der Waals surface area contributed by atoms with Crippen molar-refractivity contribution in [2.45, 2.75) is 13.8 Å². The summed E-state index contributed by atoms with van der Waals surface area (Å²) >= 11 is 6.48. The summed E-state index contributed by atoms with van der Waals surface area (Å²) in [6, 6.07) is 7.44. The van der Waals surface area contributed by atoms with Crippen LogP contribution >= 0.6 is 11.6 Å². The molecule has 9 heteroatoms. The van der Waals surface area contributed by atoms with Crippen molar-refractivity contribution < 1.29 is 13.7 Å². The van der Waals surface area contributed by atoms with Crippen molar-refractivity contribution in [1.29, 1.82) is 0 Å². The molecule has 4 rings (SSSR count). The fourth-order valence-corrected chi connectivity index (χ4v) is 3.09. The first kappa shape index (κ1) is 17.2. The molecule has 27 heavy (non-hydrogen) atoms. The normalized spacial score (nSPS) is 11.1. The average molecular weight is 386 g/mol. The van der Waals surface area contributed by atoms with E-state index >= 15 is 0 Å². The minimum absolute atomic E-state index is 0.187. The molecular weight excluding hydrogens is 373 g/mol. The van der Waals surface area contributed by atoms with Crippen molar-refractivity contribution in [3.8, 4) is 5.69 Å². The summed E-state index contributed by atoms with van der Waals surface area (Å²) in [4.78, 5) is 16.9. The Kier molecular flexibility index (Phi) is 4.12. The van der Waals surface area contributed by atoms with E-state index in [1.807, 2.05) is 0 Å². The molecule has 1 aromatic carbocycles. The SMILES string of the molecule is Cc1cc(NC(=O)c2cnc3c(c(C)nn3-c3ccc(F)cc3)c2Cl)no1. The van der Waals surface area contributed by atoms with Crippen molar-refractivity contribution in [2.24, 2.45) is 0 Å². The number of carbonyl (C=O) groups excluding carboxylic acids is 1. The van der Waals surface area contributed by atoms with Gasteiger partial charge in [-0.15, -0.1) is 0 Å². The van der Waals surface area contributed by atoms with Gasteiger partial charge in [0.05, 0.1) is 27.4 Å². The molecule has 0 fully saturated rings. The summed E-state index contributed by atoms with van der Waals surface area (Å²) in [7, 11) is 0. The molecule has 0 bridgehead atoms. The topological polar surface area (TPSA) is 85.8 Å². The number of carbonyl (C=O) groups is 1. The fourth-order valence-electron chi connectivity index (χ4n) is 2.74. The molecule has 0 atom stereocenters. The number of rotatable bonds is 3. The summed E-state index contributed by atoms with van der Waals surface area (Å²) in [5.41, 5.74) is 1.89. The molecule has 3 heterocycles. The number of nitrogens with zero attached hydrogens (tertiary/aromatic N) is 4. The third-order valence-electron chi connectivity index (χ3n) is 3.99. The first-order valence-electron chi connectivity index (χ1n) is 7.98. The fraction of sp³-hybridized carbons (Fsp3) is 0.111. The second-order valence-corrected chi connectivity index (χ2v) is 6.31. The number of pyridine rings is 1. The third kappa shape index (κ3) is 3.04. The van der Waals surface area contributed by atoms with E-state index in [0.717, 1.165) is 0 Å². The lowest BCUT2D eigenvalue weighted by atomic mass is 10.2. The smallest absolute Gasteiger partial charge is 0.260 e. The van der Waals surface area contributed by atoms with Crippen LogP contribution in [0.15, 0.2) is 41.1 Å². The van der Waals surface area contributed by atoms with E-state index < -0.39 is 5.91 Å². The number of hydrogen-bond acceptors (Lipinski definition) is 5. The molecule has 0 saturated carbocycles. The lowest BCUT2D eigenvalue weighted by Gasteiger charge is -2.06. The van der Waals surface area contributed by atoms with Crippen molar-refractivity contribution in [3.05, 3.63) is 64.4 Å². The molecule has 0 saturated heterocycles. The van der Waals surface area contributed by atoms with Gasteiger partial charge in [0.15, 0.2) is 11.5 Å². The average Bonchev–Trinajstić information content (AvgIpc) is 3.19. The molecule has 1 amide bonds. The second kappa shape index (κ2) is 6.48. The monoisotopic (exact) mass is 385 g/mol. The van der Waals surface area contributed by atoms with E-state index in [0.29, 0.717) is 28.2 Å². The van der Waals surface area contributed by atoms with Gasteiger partial charge in [0.25, 0.3) is 5.91 Å². The molecule has 0 spiro atoms. The standard InChI is InChI=1S/C18H13ClFN5O2/c1-9-7-14(24-27-9)22-18(26)13-8-21-17-15(16(13)19)10(2)23-25(17)12-5-3-11(20)4-6-12/h3-8H,1-2H3,(H,22,24,26). The van der Waals surface area contributed by atoms with Crippen LogP contribution in [-0.4, -0.2) is 25.8 Å². The van der Waals surface area contributed by atoms with Gasteiger partial charge in [-0.1, -0.05) is 16.8 Å². The Labute approximate surface area is 157 Å². The van der Waals surface area contributed by atoms with Crippen LogP contribution in [0.5, 0.6) is 0 Å². The summed E-state index contributed by atoms with van der Waals surface area (Å²) in [6.45, 7) is 3.48. The van der Waals surface area contributed by atoms with E-state index in [1.54, 1.807) is 36.7 Å². The van der Waals surface area contributed by atoms with Gasteiger partial charge >= 0.3 is 0 Å². The number of aromatic nitrogens is 4. The number of nitrogens with one attached hydrogen (secondary N) is 1. The molecule has 0 radical (unpaired) electrons. The Morgan fingerprint density at radius 3 is 2.67 bits per heavy atom. The Morgan fingerprint density at radius 2 is 2.00 bits per heavy atom. The molecule has 0 aliphatic rings. The Morgan fingerprint density at radius 1 is 1.26 bits per heavy atom. The number of anilines is 1. The maximum absolute atomic E-state index is 13.2. The van der Waals surface area contributed by atoms with Crippen LogP contribution in [0.1, 0.15) is 21.8 Å². The molecule has 7 nitrogen and oxygen atoms in total. The van der Waals surface area contributed by atoms with E-state index in [-0.39, 0.29) is 22.2 Å². The molecule has 0 aliphatic carbocycles. The first-order chi connectivity index (χ1) is 12.9. The van der Waals surface area contributed by atoms with Crippen LogP contribution in [0.3, 0.4) is 0 Å². The zero-order chi connectivity index (χ0) is 19.1. The minimum Gasteiger partial charge on any atom is -0.360 e. The quantitative estimate of drug-likeness (QED) is 0.574. The maximum Gasteiger partial charge on any atom is 0.260 e. The number of aryl methyl sites for hydroxylation is 2. The number of hydrogen-bond donors (Lipinski definition) is 1. The zero-order valence-corrected chi connectivity index (χ0v) is 15.1. The first-order valence-corrected chi connectivity index (χ1v) is 8.36. The highest BCUT2D eigenvalue weighted by Crippen LogP contribution is 2.30. The van der Waals surface area contributed by atoms with Crippen molar-refractivity contribution >= 4 is 34.4 Å². The number of fused-ring (bicyclic) bond motifs is 1. The van der Waals surface area contributed by atoms with Crippen LogP contribution < -0.4 is 5.32 Å². The van der Waals surface area contributed by atoms with E-state index in [1.165, 1.54) is 18.3 Å². The summed E-state index contributed by atoms with van der Waals surface area (Å²) in [5, 5.41) is 11.5. The van der Waals surface area contributed by atoms with Crippen LogP contribution in [0.25, 0.3) is 16.7 Å². The summed E-state index contributed by atoms with van der Waals surface area (Å²) < 4.78 is 19.7. The Bertz CT molecular complexity index is 1170. The highest BCUT2D eigenvalue weighted by Gasteiger charge is 2.20. The van der Waals surface area contributed by atoms with E-state index in [9.17, 15) is 9.18 Å². The van der Waals surface area contributed by atoms with Crippen molar-refractivity contribution in [2.75, 3.05) is 5.32 Å². The van der Waals surface area contributed by atoms with Gasteiger partial charge in [-0.25, -0.2) is 14.1 Å². The zero-order valence-electron chi connectivity index (χ0n) is 14.3.